The van der Waals surface area contributed by atoms with Gasteiger partial charge in [-0.3, -0.25) is 10.2 Å². The number of urea groups is 1. The Balaban J connectivity index is 2.31. The Morgan fingerprint density at radius 2 is 2.06 bits per heavy atom. The van der Waals surface area contributed by atoms with E-state index in [2.05, 4.69) is 10.7 Å². The van der Waals surface area contributed by atoms with Gasteiger partial charge in [0.25, 0.3) is 0 Å². The van der Waals surface area contributed by atoms with Crippen molar-refractivity contribution in [2.45, 2.75) is 19.3 Å². The fraction of sp³-hybridized carbons (Fsp3) is 0.800. The second kappa shape index (κ2) is 5.69. The number of nitrogens with zero attached hydrogens (tertiary/aromatic N) is 1. The molecule has 0 aromatic heterocycles. The highest BCUT2D eigenvalue weighted by atomic mass is 16.4. The third-order valence-electron chi connectivity index (χ3n) is 2.83. The van der Waals surface area contributed by atoms with E-state index in [1.54, 1.807) is 19.1 Å². The van der Waals surface area contributed by atoms with Crippen molar-refractivity contribution in [3.63, 3.8) is 0 Å². The fourth-order valence-electron chi connectivity index (χ4n) is 2.07. The van der Waals surface area contributed by atoms with Crippen molar-refractivity contribution >= 4 is 12.0 Å². The smallest absolute Gasteiger partial charge is 0.329 e. The summed E-state index contributed by atoms with van der Waals surface area (Å²) in [5.74, 6) is -0.998. The molecule has 92 valence electrons. The van der Waals surface area contributed by atoms with Crippen LogP contribution in [0.1, 0.15) is 19.3 Å². The summed E-state index contributed by atoms with van der Waals surface area (Å²) >= 11 is 0. The molecule has 0 spiro atoms. The molecule has 6 nitrogen and oxygen atoms in total. The number of carbonyl (C=O) groups excluding carboxylic acids is 1. The van der Waals surface area contributed by atoms with E-state index >= 15 is 0 Å². The molecule has 0 aromatic carbocycles. The van der Waals surface area contributed by atoms with Crippen LogP contribution in [0.3, 0.4) is 0 Å². The summed E-state index contributed by atoms with van der Waals surface area (Å²) in [6, 6.07) is -0.291. The van der Waals surface area contributed by atoms with Gasteiger partial charge in [0.2, 0.25) is 0 Å². The van der Waals surface area contributed by atoms with E-state index in [4.69, 9.17) is 5.11 Å². The third kappa shape index (κ3) is 3.69. The average molecular weight is 229 g/mol. The molecule has 0 heterocycles. The predicted molar refractivity (Wildman–Crippen MR) is 58.7 cm³/mol. The molecular weight excluding hydrogens is 210 g/mol. The first-order valence-electron chi connectivity index (χ1n) is 5.45. The Bertz CT molecular complexity index is 268. The Morgan fingerprint density at radius 3 is 2.62 bits per heavy atom. The summed E-state index contributed by atoms with van der Waals surface area (Å²) < 4.78 is 0. The van der Waals surface area contributed by atoms with Gasteiger partial charge in [0.05, 0.1) is 5.92 Å². The van der Waals surface area contributed by atoms with Crippen LogP contribution in [0.15, 0.2) is 0 Å². The number of aliphatic carboxylic acids is 1. The van der Waals surface area contributed by atoms with Crippen molar-refractivity contribution in [3.8, 4) is 0 Å². The Hall–Kier alpha value is -1.30. The topological polar surface area (TPSA) is 81.7 Å². The highest BCUT2D eigenvalue weighted by molar-refractivity contribution is 5.74. The number of hydrogen-bond donors (Lipinski definition) is 3. The maximum atomic E-state index is 11.3. The van der Waals surface area contributed by atoms with Crippen molar-refractivity contribution in [3.05, 3.63) is 0 Å². The van der Waals surface area contributed by atoms with Crippen molar-refractivity contribution < 1.29 is 14.7 Å². The number of hydrazine groups is 1. The minimum absolute atomic E-state index is 0.0606. The molecule has 2 amide bonds. The van der Waals surface area contributed by atoms with Crippen LogP contribution < -0.4 is 10.7 Å². The van der Waals surface area contributed by atoms with Crippen LogP contribution in [0.2, 0.25) is 0 Å². The summed E-state index contributed by atoms with van der Waals surface area (Å²) in [4.78, 5) is 22.2. The number of hydrogen-bond acceptors (Lipinski definition) is 3. The van der Waals surface area contributed by atoms with Gasteiger partial charge in [0.15, 0.2) is 0 Å². The lowest BCUT2D eigenvalue weighted by atomic mass is 9.96. The van der Waals surface area contributed by atoms with E-state index in [0.29, 0.717) is 6.54 Å². The molecule has 0 aromatic rings. The summed E-state index contributed by atoms with van der Waals surface area (Å²) in [7, 11) is 3.43. The maximum Gasteiger partial charge on any atom is 0.329 e. The first-order valence-corrected chi connectivity index (χ1v) is 5.45. The molecule has 0 aliphatic heterocycles. The molecular formula is C10H19N3O3. The van der Waals surface area contributed by atoms with Crippen molar-refractivity contribution in [1.82, 2.24) is 15.8 Å². The maximum absolute atomic E-state index is 11.3. The molecule has 1 aliphatic rings. The molecule has 0 bridgehead atoms. The van der Waals surface area contributed by atoms with Crippen LogP contribution in [0.5, 0.6) is 0 Å². The Labute approximate surface area is 95.0 Å². The molecule has 16 heavy (non-hydrogen) atoms. The summed E-state index contributed by atoms with van der Waals surface area (Å²) in [6.07, 6.45) is 2.52. The van der Waals surface area contributed by atoms with Gasteiger partial charge in [0.1, 0.15) is 0 Å². The van der Waals surface area contributed by atoms with Gasteiger partial charge in [-0.15, -0.1) is 0 Å². The number of carboxylic acid groups (broad SMARTS) is 1. The summed E-state index contributed by atoms with van der Waals surface area (Å²) in [6.45, 7) is 0.427. The van der Waals surface area contributed by atoms with Crippen molar-refractivity contribution in [2.75, 3.05) is 20.6 Å². The highest BCUT2D eigenvalue weighted by Crippen LogP contribution is 2.31. The van der Waals surface area contributed by atoms with Crippen LogP contribution in [0.4, 0.5) is 4.79 Å². The second-order valence-electron chi connectivity index (χ2n) is 4.35. The number of carboxylic acids is 1. The van der Waals surface area contributed by atoms with Crippen molar-refractivity contribution in [2.24, 2.45) is 11.8 Å². The van der Waals surface area contributed by atoms with Crippen LogP contribution in [0.25, 0.3) is 0 Å². The van der Waals surface area contributed by atoms with Crippen molar-refractivity contribution in [1.29, 1.82) is 0 Å². The predicted octanol–water partition coefficient (Wildman–Crippen LogP) is 0.263. The normalized spacial score (nSPS) is 24.4. The molecule has 1 aliphatic carbocycles. The zero-order valence-electron chi connectivity index (χ0n) is 9.69. The summed E-state index contributed by atoms with van der Waals surface area (Å²) in [5, 5.41) is 13.2. The lowest BCUT2D eigenvalue weighted by Gasteiger charge is -2.18. The lowest BCUT2D eigenvalue weighted by Crippen LogP contribution is -2.45. The largest absolute Gasteiger partial charge is 0.481 e. The van der Waals surface area contributed by atoms with Gasteiger partial charge >= 0.3 is 12.0 Å². The Morgan fingerprint density at radius 1 is 1.38 bits per heavy atom. The molecule has 1 fully saturated rings. The molecule has 2 atom stereocenters. The number of nitrogens with one attached hydrogen (secondary N) is 2. The summed E-state index contributed by atoms with van der Waals surface area (Å²) in [5.41, 5.74) is 2.55. The third-order valence-corrected chi connectivity index (χ3v) is 2.83. The minimum Gasteiger partial charge on any atom is -0.481 e. The Kier molecular flexibility index (Phi) is 4.54. The SMILES string of the molecule is CN(C)NC(=O)NCC1CCCC1C(=O)O. The molecule has 1 saturated carbocycles. The fourth-order valence-corrected chi connectivity index (χ4v) is 2.07. The van der Waals surface area contributed by atoms with Gasteiger partial charge in [-0.2, -0.15) is 0 Å². The molecule has 2 unspecified atom stereocenters. The standard InChI is InChI=1S/C10H19N3O3/c1-13(2)12-10(16)11-6-7-4-3-5-8(7)9(14)15/h7-8H,3-6H2,1-2H3,(H,14,15)(H2,11,12,16). The number of amides is 2. The van der Waals surface area contributed by atoms with Gasteiger partial charge in [-0.1, -0.05) is 6.42 Å². The number of rotatable bonds is 4. The van der Waals surface area contributed by atoms with E-state index < -0.39 is 5.97 Å². The van der Waals surface area contributed by atoms with Gasteiger partial charge in [-0.05, 0) is 18.8 Å². The van der Waals surface area contributed by atoms with E-state index in [1.165, 1.54) is 0 Å². The van der Waals surface area contributed by atoms with Gasteiger partial charge in [0, 0.05) is 20.6 Å². The monoisotopic (exact) mass is 229 g/mol. The minimum atomic E-state index is -0.752. The first-order chi connectivity index (χ1) is 7.50. The zero-order valence-corrected chi connectivity index (χ0v) is 9.69. The quantitative estimate of drug-likeness (QED) is 0.604. The van der Waals surface area contributed by atoms with Gasteiger partial charge < -0.3 is 10.4 Å². The second-order valence-corrected chi connectivity index (χ2v) is 4.35. The van der Waals surface area contributed by atoms with E-state index in [9.17, 15) is 9.59 Å². The molecule has 0 radical (unpaired) electrons. The average Bonchev–Trinajstić information content (AvgIpc) is 2.61. The van der Waals surface area contributed by atoms with Crippen LogP contribution >= 0.6 is 0 Å². The van der Waals surface area contributed by atoms with E-state index in [1.807, 2.05) is 0 Å². The first kappa shape index (κ1) is 12.8. The lowest BCUT2D eigenvalue weighted by molar-refractivity contribution is -0.142. The van der Waals surface area contributed by atoms with Crippen LogP contribution in [-0.2, 0) is 4.79 Å². The zero-order chi connectivity index (χ0) is 12.1. The molecule has 3 N–H and O–H groups in total. The van der Waals surface area contributed by atoms with Crippen LogP contribution in [-0.4, -0.2) is 42.8 Å². The van der Waals surface area contributed by atoms with E-state index in [0.717, 1.165) is 19.3 Å². The van der Waals surface area contributed by atoms with Crippen LogP contribution in [0, 0.1) is 11.8 Å². The molecule has 0 saturated heterocycles. The molecule has 6 heteroatoms. The number of carbonyl (C=O) groups is 2. The highest BCUT2D eigenvalue weighted by Gasteiger charge is 2.32. The van der Waals surface area contributed by atoms with Gasteiger partial charge in [-0.25, -0.2) is 9.80 Å². The molecule has 1 rings (SSSR count). The van der Waals surface area contributed by atoms with E-state index in [-0.39, 0.29) is 17.9 Å².